The molecule has 2 aromatic rings. The van der Waals surface area contributed by atoms with Gasteiger partial charge in [-0.25, -0.2) is 4.98 Å². The number of pyridine rings is 1. The summed E-state index contributed by atoms with van der Waals surface area (Å²) in [5, 5.41) is 9.64. The molecule has 0 radical (unpaired) electrons. The number of aliphatic carboxylic acids is 1. The second kappa shape index (κ2) is 6.13. The Morgan fingerprint density at radius 1 is 1.43 bits per heavy atom. The topological polar surface area (TPSA) is 75.8 Å². The highest BCUT2D eigenvalue weighted by Gasteiger charge is 2.22. The fourth-order valence-corrected chi connectivity index (χ4v) is 2.68. The second-order valence-corrected chi connectivity index (χ2v) is 5.17. The lowest BCUT2D eigenvalue weighted by atomic mass is 10.1. The van der Waals surface area contributed by atoms with Gasteiger partial charge in [0, 0.05) is 19.3 Å². The van der Waals surface area contributed by atoms with E-state index < -0.39 is 5.97 Å². The minimum Gasteiger partial charge on any atom is -0.481 e. The Labute approximate surface area is 122 Å². The highest BCUT2D eigenvalue weighted by atomic mass is 16.5. The second-order valence-electron chi connectivity index (χ2n) is 5.17. The number of carbonyl (C=O) groups is 1. The van der Waals surface area contributed by atoms with Crippen LogP contribution in [-0.2, 0) is 9.53 Å². The molecule has 1 aliphatic rings. The van der Waals surface area contributed by atoms with Crippen LogP contribution in [0.2, 0.25) is 0 Å². The first-order valence-electron chi connectivity index (χ1n) is 7.14. The van der Waals surface area contributed by atoms with Gasteiger partial charge < -0.3 is 19.2 Å². The van der Waals surface area contributed by atoms with Crippen LogP contribution in [0.3, 0.4) is 0 Å². The Hall–Kier alpha value is -2.08. The summed E-state index contributed by atoms with van der Waals surface area (Å²) in [6.45, 7) is 2.00. The maximum Gasteiger partial charge on any atom is 0.305 e. The van der Waals surface area contributed by atoms with Crippen LogP contribution in [-0.4, -0.2) is 41.9 Å². The molecule has 3 heterocycles. The molecular weight excluding hydrogens is 272 g/mol. The number of ether oxygens (including phenoxy) is 1. The minimum absolute atomic E-state index is 0.0656. The van der Waals surface area contributed by atoms with Gasteiger partial charge in [-0.1, -0.05) is 0 Å². The zero-order valence-corrected chi connectivity index (χ0v) is 11.7. The third-order valence-electron chi connectivity index (χ3n) is 3.77. The van der Waals surface area contributed by atoms with E-state index in [0.717, 1.165) is 42.7 Å². The molecule has 21 heavy (non-hydrogen) atoms. The number of hydrogen-bond acceptors (Lipinski definition) is 5. The van der Waals surface area contributed by atoms with Crippen molar-refractivity contribution in [3.63, 3.8) is 0 Å². The lowest BCUT2D eigenvalue weighted by Crippen LogP contribution is -2.37. The van der Waals surface area contributed by atoms with Gasteiger partial charge in [0.25, 0.3) is 0 Å². The molecule has 0 bridgehead atoms. The largest absolute Gasteiger partial charge is 0.481 e. The van der Waals surface area contributed by atoms with E-state index in [1.165, 1.54) is 0 Å². The Bertz CT molecular complexity index is 617. The van der Waals surface area contributed by atoms with Crippen LogP contribution < -0.4 is 4.90 Å². The van der Waals surface area contributed by atoms with E-state index in [-0.39, 0.29) is 19.1 Å². The Morgan fingerprint density at radius 3 is 3.00 bits per heavy atom. The van der Waals surface area contributed by atoms with Gasteiger partial charge >= 0.3 is 5.97 Å². The quantitative estimate of drug-likeness (QED) is 0.910. The van der Waals surface area contributed by atoms with Gasteiger partial charge in [-0.3, -0.25) is 4.79 Å². The summed E-state index contributed by atoms with van der Waals surface area (Å²) in [6, 6.07) is 3.80. The number of carboxylic acid groups (broad SMARTS) is 1. The lowest BCUT2D eigenvalue weighted by molar-refractivity contribution is -0.138. The number of piperidine rings is 1. The third-order valence-corrected chi connectivity index (χ3v) is 3.77. The van der Waals surface area contributed by atoms with Crippen LogP contribution >= 0.6 is 0 Å². The van der Waals surface area contributed by atoms with Crippen molar-refractivity contribution in [2.45, 2.75) is 25.4 Å². The molecule has 1 saturated heterocycles. The fraction of sp³-hybridized carbons (Fsp3) is 0.467. The highest BCUT2D eigenvalue weighted by Crippen LogP contribution is 2.27. The molecule has 3 rings (SSSR count). The van der Waals surface area contributed by atoms with Crippen molar-refractivity contribution in [1.29, 1.82) is 0 Å². The van der Waals surface area contributed by atoms with E-state index >= 15 is 0 Å². The molecule has 0 atom stereocenters. The van der Waals surface area contributed by atoms with E-state index in [0.29, 0.717) is 0 Å². The predicted octanol–water partition coefficient (Wildman–Crippen LogP) is 2.29. The van der Waals surface area contributed by atoms with Crippen molar-refractivity contribution < 1.29 is 19.1 Å². The average molecular weight is 290 g/mol. The Morgan fingerprint density at radius 2 is 2.24 bits per heavy atom. The van der Waals surface area contributed by atoms with Gasteiger partial charge in [0.05, 0.1) is 30.8 Å². The molecular formula is C15H18N2O4. The Kier molecular flexibility index (Phi) is 4.06. The molecule has 1 N–H and O–H groups in total. The van der Waals surface area contributed by atoms with Crippen molar-refractivity contribution in [3.8, 4) is 0 Å². The van der Waals surface area contributed by atoms with Crippen molar-refractivity contribution in [2.75, 3.05) is 24.6 Å². The summed E-state index contributed by atoms with van der Waals surface area (Å²) in [5.41, 5.74) is 0.847. The summed E-state index contributed by atoms with van der Waals surface area (Å²) in [6.07, 6.45) is 5.42. The first-order valence-corrected chi connectivity index (χ1v) is 7.14. The van der Waals surface area contributed by atoms with Crippen LogP contribution in [0, 0.1) is 0 Å². The SMILES string of the molecule is O=C(O)CCOC1CCN(c2nccc3occc23)CC1. The number of carboxylic acids is 1. The van der Waals surface area contributed by atoms with Crippen molar-refractivity contribution in [1.82, 2.24) is 4.98 Å². The fourth-order valence-electron chi connectivity index (χ4n) is 2.68. The van der Waals surface area contributed by atoms with Crippen LogP contribution in [0.25, 0.3) is 11.0 Å². The molecule has 1 aliphatic heterocycles. The molecule has 0 unspecified atom stereocenters. The standard InChI is InChI=1S/C15H18N2O4/c18-14(19)5-10-20-11-2-7-17(8-3-11)15-12-4-9-21-13(12)1-6-16-15/h1,4,6,9,11H,2-3,5,7-8,10H2,(H,18,19). The van der Waals surface area contributed by atoms with Crippen LogP contribution in [0.4, 0.5) is 5.82 Å². The predicted molar refractivity (Wildman–Crippen MR) is 77.4 cm³/mol. The normalized spacial score (nSPS) is 16.5. The van der Waals surface area contributed by atoms with Crippen LogP contribution in [0.1, 0.15) is 19.3 Å². The molecule has 1 fully saturated rings. The number of hydrogen-bond donors (Lipinski definition) is 1. The number of fused-ring (bicyclic) bond motifs is 1. The molecule has 0 aromatic carbocycles. The van der Waals surface area contributed by atoms with Crippen LogP contribution in [0.5, 0.6) is 0 Å². The van der Waals surface area contributed by atoms with Crippen LogP contribution in [0.15, 0.2) is 29.0 Å². The monoisotopic (exact) mass is 290 g/mol. The zero-order chi connectivity index (χ0) is 14.7. The molecule has 112 valence electrons. The maximum atomic E-state index is 10.5. The molecule has 0 spiro atoms. The van der Waals surface area contributed by atoms with E-state index in [9.17, 15) is 4.79 Å². The lowest BCUT2D eigenvalue weighted by Gasteiger charge is -2.32. The summed E-state index contributed by atoms with van der Waals surface area (Å²) >= 11 is 0. The van der Waals surface area contributed by atoms with E-state index in [2.05, 4.69) is 9.88 Å². The zero-order valence-electron chi connectivity index (χ0n) is 11.7. The maximum absolute atomic E-state index is 10.5. The number of anilines is 1. The average Bonchev–Trinajstić information content (AvgIpc) is 2.96. The summed E-state index contributed by atoms with van der Waals surface area (Å²) in [7, 11) is 0. The van der Waals surface area contributed by atoms with E-state index in [1.807, 2.05) is 12.1 Å². The molecule has 6 nitrogen and oxygen atoms in total. The molecule has 0 amide bonds. The van der Waals surface area contributed by atoms with Crippen molar-refractivity contribution in [2.24, 2.45) is 0 Å². The highest BCUT2D eigenvalue weighted by molar-refractivity contribution is 5.88. The van der Waals surface area contributed by atoms with Gasteiger partial charge in [-0.2, -0.15) is 0 Å². The third kappa shape index (κ3) is 3.16. The van der Waals surface area contributed by atoms with Crippen molar-refractivity contribution >= 4 is 22.8 Å². The number of nitrogens with zero attached hydrogens (tertiary/aromatic N) is 2. The molecule has 6 heteroatoms. The molecule has 2 aromatic heterocycles. The van der Waals surface area contributed by atoms with E-state index in [1.54, 1.807) is 12.5 Å². The first kappa shape index (κ1) is 13.9. The molecule has 0 aliphatic carbocycles. The number of aromatic nitrogens is 1. The molecule has 0 saturated carbocycles. The number of furan rings is 1. The van der Waals surface area contributed by atoms with Crippen molar-refractivity contribution in [3.05, 3.63) is 24.6 Å². The smallest absolute Gasteiger partial charge is 0.305 e. The van der Waals surface area contributed by atoms with Gasteiger partial charge in [-0.05, 0) is 25.0 Å². The summed E-state index contributed by atoms with van der Waals surface area (Å²) < 4.78 is 11.0. The van der Waals surface area contributed by atoms with Gasteiger partial charge in [0.2, 0.25) is 0 Å². The summed E-state index contributed by atoms with van der Waals surface area (Å²) in [4.78, 5) is 17.2. The van der Waals surface area contributed by atoms with Gasteiger partial charge in [-0.15, -0.1) is 0 Å². The van der Waals surface area contributed by atoms with Gasteiger partial charge in [0.15, 0.2) is 0 Å². The first-order chi connectivity index (χ1) is 10.2. The van der Waals surface area contributed by atoms with E-state index in [4.69, 9.17) is 14.3 Å². The number of rotatable bonds is 5. The van der Waals surface area contributed by atoms with Gasteiger partial charge in [0.1, 0.15) is 11.4 Å². The Balaban J connectivity index is 1.58. The minimum atomic E-state index is -0.816. The summed E-state index contributed by atoms with van der Waals surface area (Å²) in [5.74, 6) is 0.133.